The van der Waals surface area contributed by atoms with Gasteiger partial charge < -0.3 is 14.8 Å². The summed E-state index contributed by atoms with van der Waals surface area (Å²) in [5.74, 6) is -0.0584. The molecule has 1 fully saturated rings. The molecule has 1 aliphatic rings. The minimum atomic E-state index is -0.584. The van der Waals surface area contributed by atoms with Crippen molar-refractivity contribution in [2.45, 2.75) is 18.9 Å². The van der Waals surface area contributed by atoms with Gasteiger partial charge in [-0.05, 0) is 42.3 Å². The summed E-state index contributed by atoms with van der Waals surface area (Å²) in [5, 5.41) is 16.9. The molecule has 0 bridgehead atoms. The number of likely N-dealkylation sites (tertiary alicyclic amines) is 1. The number of ether oxygens (including phenoxy) is 2. The summed E-state index contributed by atoms with van der Waals surface area (Å²) in [7, 11) is 2.82. The Kier molecular flexibility index (Phi) is 6.74. The van der Waals surface area contributed by atoms with Crippen LogP contribution in [0.1, 0.15) is 34.8 Å². The van der Waals surface area contributed by atoms with Crippen LogP contribution in [0.15, 0.2) is 54.6 Å². The van der Waals surface area contributed by atoms with E-state index in [0.29, 0.717) is 6.54 Å². The van der Waals surface area contributed by atoms with Crippen LogP contribution in [0.4, 0.5) is 5.69 Å². The zero-order valence-corrected chi connectivity index (χ0v) is 18.7. The van der Waals surface area contributed by atoms with Crippen molar-refractivity contribution in [2.75, 3.05) is 33.9 Å². The van der Waals surface area contributed by atoms with Crippen molar-refractivity contribution in [1.29, 1.82) is 0 Å². The van der Waals surface area contributed by atoms with E-state index in [-0.39, 0.29) is 28.8 Å². The fourth-order valence-electron chi connectivity index (χ4n) is 4.52. The van der Waals surface area contributed by atoms with Gasteiger partial charge in [0.1, 0.15) is 5.56 Å². The van der Waals surface area contributed by atoms with Crippen LogP contribution >= 0.6 is 0 Å². The van der Waals surface area contributed by atoms with Gasteiger partial charge in [0.05, 0.1) is 31.3 Å². The Hall–Kier alpha value is -3.65. The molecule has 8 heteroatoms. The maximum Gasteiger partial charge on any atom is 0.286 e. The van der Waals surface area contributed by atoms with Crippen molar-refractivity contribution < 1.29 is 19.2 Å². The lowest BCUT2D eigenvalue weighted by atomic mass is 9.97. The minimum absolute atomic E-state index is 0.0400. The smallest absolute Gasteiger partial charge is 0.286 e. The Morgan fingerprint density at radius 1 is 1.06 bits per heavy atom. The molecule has 0 unspecified atom stereocenters. The molecule has 3 aromatic carbocycles. The number of hydrogen-bond donors (Lipinski definition) is 1. The van der Waals surface area contributed by atoms with Crippen LogP contribution < -0.4 is 14.8 Å². The molecule has 1 heterocycles. The van der Waals surface area contributed by atoms with Crippen LogP contribution in [-0.4, -0.2) is 49.6 Å². The Balaban J connectivity index is 1.65. The summed E-state index contributed by atoms with van der Waals surface area (Å²) in [5.41, 5.74) is 0.751. The Morgan fingerprint density at radius 3 is 2.42 bits per heavy atom. The van der Waals surface area contributed by atoms with E-state index < -0.39 is 10.8 Å². The molecule has 0 saturated carbocycles. The first-order valence-electron chi connectivity index (χ1n) is 10.9. The molecule has 0 aromatic heterocycles. The molecule has 33 heavy (non-hydrogen) atoms. The van der Waals surface area contributed by atoms with E-state index in [1.165, 1.54) is 26.4 Å². The molecule has 1 atom stereocenters. The topological polar surface area (TPSA) is 93.9 Å². The Labute approximate surface area is 192 Å². The first kappa shape index (κ1) is 22.5. The zero-order valence-electron chi connectivity index (χ0n) is 18.7. The lowest BCUT2D eigenvalue weighted by Crippen LogP contribution is -2.37. The first-order chi connectivity index (χ1) is 16.0. The number of methoxy groups -OCH3 is 2. The molecular weight excluding hydrogens is 422 g/mol. The normalized spacial score (nSPS) is 14.7. The largest absolute Gasteiger partial charge is 0.493 e. The van der Waals surface area contributed by atoms with E-state index in [4.69, 9.17) is 9.47 Å². The Bertz CT molecular complexity index is 1170. The van der Waals surface area contributed by atoms with Crippen molar-refractivity contribution in [3.63, 3.8) is 0 Å². The van der Waals surface area contributed by atoms with Gasteiger partial charge in [-0.1, -0.05) is 42.5 Å². The van der Waals surface area contributed by atoms with Gasteiger partial charge in [0.25, 0.3) is 11.6 Å². The first-order valence-corrected chi connectivity index (χ1v) is 10.9. The molecule has 8 nitrogen and oxygen atoms in total. The van der Waals surface area contributed by atoms with Crippen LogP contribution in [-0.2, 0) is 0 Å². The number of nitro benzene ring substituents is 1. The van der Waals surface area contributed by atoms with Gasteiger partial charge in [0.2, 0.25) is 0 Å². The van der Waals surface area contributed by atoms with E-state index in [1.807, 2.05) is 18.2 Å². The number of carbonyl (C=O) groups excluding carboxylic acids is 1. The minimum Gasteiger partial charge on any atom is -0.493 e. The number of nitro groups is 1. The molecule has 0 aliphatic carbocycles. The van der Waals surface area contributed by atoms with Crippen molar-refractivity contribution in [1.82, 2.24) is 10.2 Å². The third-order valence-corrected chi connectivity index (χ3v) is 6.16. The summed E-state index contributed by atoms with van der Waals surface area (Å²) < 4.78 is 10.4. The molecule has 4 rings (SSSR count). The summed E-state index contributed by atoms with van der Waals surface area (Å²) in [4.78, 5) is 26.5. The highest BCUT2D eigenvalue weighted by Gasteiger charge is 2.28. The molecule has 1 N–H and O–H groups in total. The predicted molar refractivity (Wildman–Crippen MR) is 126 cm³/mol. The van der Waals surface area contributed by atoms with Gasteiger partial charge in [-0.3, -0.25) is 19.8 Å². The second kappa shape index (κ2) is 9.87. The number of nitrogens with zero attached hydrogens (tertiary/aromatic N) is 2. The molecule has 0 spiro atoms. The Morgan fingerprint density at radius 2 is 1.73 bits per heavy atom. The van der Waals surface area contributed by atoms with E-state index >= 15 is 0 Å². The van der Waals surface area contributed by atoms with Crippen LogP contribution in [0.25, 0.3) is 10.8 Å². The van der Waals surface area contributed by atoms with Crippen molar-refractivity contribution in [3.8, 4) is 11.5 Å². The molecule has 1 saturated heterocycles. The fourth-order valence-corrected chi connectivity index (χ4v) is 4.52. The van der Waals surface area contributed by atoms with Crippen LogP contribution in [0, 0.1) is 10.1 Å². The quantitative estimate of drug-likeness (QED) is 0.406. The van der Waals surface area contributed by atoms with Crippen LogP contribution in [0.5, 0.6) is 11.5 Å². The maximum atomic E-state index is 13.1. The second-order valence-corrected chi connectivity index (χ2v) is 8.02. The SMILES string of the molecule is COc1cc(C(=O)NC[C@@H](c2cccc3ccccc23)N2CCCC2)c([N+](=O)[O-])cc1OC. The van der Waals surface area contributed by atoms with Gasteiger partial charge in [-0.2, -0.15) is 0 Å². The number of benzene rings is 3. The highest BCUT2D eigenvalue weighted by molar-refractivity contribution is 5.99. The third kappa shape index (κ3) is 4.61. The van der Waals surface area contributed by atoms with E-state index in [2.05, 4.69) is 34.5 Å². The van der Waals surface area contributed by atoms with Gasteiger partial charge >= 0.3 is 0 Å². The number of rotatable bonds is 8. The molecule has 0 radical (unpaired) electrons. The summed E-state index contributed by atoms with van der Waals surface area (Å²) >= 11 is 0. The van der Waals surface area contributed by atoms with Gasteiger partial charge in [-0.25, -0.2) is 0 Å². The molecule has 1 amide bonds. The molecule has 3 aromatic rings. The lowest BCUT2D eigenvalue weighted by molar-refractivity contribution is -0.385. The lowest BCUT2D eigenvalue weighted by Gasteiger charge is -2.29. The van der Waals surface area contributed by atoms with Crippen molar-refractivity contribution in [3.05, 3.63) is 75.8 Å². The van der Waals surface area contributed by atoms with Gasteiger partial charge in [0, 0.05) is 12.6 Å². The van der Waals surface area contributed by atoms with Gasteiger partial charge in [0.15, 0.2) is 11.5 Å². The number of nitrogens with one attached hydrogen (secondary N) is 1. The van der Waals surface area contributed by atoms with Crippen molar-refractivity contribution >= 4 is 22.4 Å². The van der Waals surface area contributed by atoms with E-state index in [9.17, 15) is 14.9 Å². The molecule has 172 valence electrons. The number of fused-ring (bicyclic) bond motifs is 1. The highest BCUT2D eigenvalue weighted by atomic mass is 16.6. The average Bonchev–Trinajstić information content (AvgIpc) is 3.37. The van der Waals surface area contributed by atoms with Gasteiger partial charge in [-0.15, -0.1) is 0 Å². The average molecular weight is 450 g/mol. The van der Waals surface area contributed by atoms with Crippen LogP contribution in [0.2, 0.25) is 0 Å². The highest BCUT2D eigenvalue weighted by Crippen LogP contribution is 2.35. The molecular formula is C25H27N3O5. The summed E-state index contributed by atoms with van der Waals surface area (Å²) in [6, 6.07) is 16.9. The number of hydrogen-bond acceptors (Lipinski definition) is 6. The monoisotopic (exact) mass is 449 g/mol. The van der Waals surface area contributed by atoms with E-state index in [0.717, 1.165) is 42.3 Å². The predicted octanol–water partition coefficient (Wildman–Crippen LogP) is 4.33. The fraction of sp³-hybridized carbons (Fsp3) is 0.320. The number of amides is 1. The summed E-state index contributed by atoms with van der Waals surface area (Å²) in [6.45, 7) is 2.22. The standard InChI is InChI=1S/C25H27N3O5/c1-32-23-14-20(21(28(30)31)15-24(23)33-2)25(29)26-16-22(27-12-5-6-13-27)19-11-7-9-17-8-3-4-10-18(17)19/h3-4,7-11,14-15,22H,5-6,12-13,16H2,1-2H3,(H,26,29)/t22-/m0/s1. The van der Waals surface area contributed by atoms with Crippen molar-refractivity contribution in [2.24, 2.45) is 0 Å². The number of carbonyl (C=O) groups is 1. The second-order valence-electron chi connectivity index (χ2n) is 8.02. The summed E-state index contributed by atoms with van der Waals surface area (Å²) in [6.07, 6.45) is 2.22. The zero-order chi connectivity index (χ0) is 23.4. The van der Waals surface area contributed by atoms with Crippen LogP contribution in [0.3, 0.4) is 0 Å². The van der Waals surface area contributed by atoms with E-state index in [1.54, 1.807) is 0 Å². The molecule has 1 aliphatic heterocycles. The maximum absolute atomic E-state index is 13.1. The third-order valence-electron chi connectivity index (χ3n) is 6.16.